The Balaban J connectivity index is 2.33. The van der Waals surface area contributed by atoms with E-state index in [2.05, 4.69) is 9.97 Å². The van der Waals surface area contributed by atoms with Gasteiger partial charge in [0.1, 0.15) is 5.82 Å². The monoisotopic (exact) mass is 234 g/mol. The Kier molecular flexibility index (Phi) is 3.18. The van der Waals surface area contributed by atoms with Crippen LogP contribution in [0, 0.1) is 5.82 Å². The van der Waals surface area contributed by atoms with Crippen LogP contribution < -0.4 is 10.3 Å². The van der Waals surface area contributed by atoms with Gasteiger partial charge in [0.25, 0.3) is 5.56 Å². The molecule has 5 heteroatoms. The number of nitrogens with zero attached hydrogens (tertiary/aromatic N) is 1. The number of hydrogen-bond donors (Lipinski definition) is 1. The van der Waals surface area contributed by atoms with Crippen molar-refractivity contribution in [3.63, 3.8) is 0 Å². The number of nitrogens with one attached hydrogen (secondary N) is 1. The van der Waals surface area contributed by atoms with Gasteiger partial charge in [0.2, 0.25) is 5.88 Å². The van der Waals surface area contributed by atoms with Crippen molar-refractivity contribution in [1.82, 2.24) is 9.97 Å². The molecule has 0 saturated carbocycles. The van der Waals surface area contributed by atoms with Gasteiger partial charge in [-0.05, 0) is 12.1 Å². The van der Waals surface area contributed by atoms with Crippen molar-refractivity contribution >= 4 is 0 Å². The van der Waals surface area contributed by atoms with Crippen LogP contribution in [0.3, 0.4) is 0 Å². The van der Waals surface area contributed by atoms with Crippen LogP contribution in [0.5, 0.6) is 11.6 Å². The summed E-state index contributed by atoms with van der Waals surface area (Å²) < 4.78 is 18.5. The SMILES string of the molecule is CCc1nc(Oc2ccccc2F)cc(=O)[nH]1. The average molecular weight is 234 g/mol. The third-order valence-corrected chi connectivity index (χ3v) is 2.15. The van der Waals surface area contributed by atoms with Crippen LogP contribution in [0.2, 0.25) is 0 Å². The summed E-state index contributed by atoms with van der Waals surface area (Å²) in [6.45, 7) is 1.85. The minimum atomic E-state index is -0.493. The second-order valence-corrected chi connectivity index (χ2v) is 3.42. The second kappa shape index (κ2) is 4.78. The van der Waals surface area contributed by atoms with Crippen molar-refractivity contribution in [3.05, 3.63) is 52.3 Å². The third-order valence-electron chi connectivity index (χ3n) is 2.15. The molecule has 0 aliphatic rings. The van der Waals surface area contributed by atoms with Crippen LogP contribution >= 0.6 is 0 Å². The fraction of sp³-hybridized carbons (Fsp3) is 0.167. The molecule has 0 atom stereocenters. The standard InChI is InChI=1S/C12H11FN2O2/c1-2-10-14-11(16)7-12(15-10)17-9-6-4-3-5-8(9)13/h3-7H,2H2,1H3,(H,14,15,16). The number of ether oxygens (including phenoxy) is 1. The zero-order valence-corrected chi connectivity index (χ0v) is 9.24. The Bertz CT molecular complexity index is 581. The van der Waals surface area contributed by atoms with Crippen molar-refractivity contribution in [2.45, 2.75) is 13.3 Å². The molecule has 88 valence electrons. The first kappa shape index (κ1) is 11.3. The molecule has 4 nitrogen and oxygen atoms in total. The normalized spacial score (nSPS) is 10.2. The van der Waals surface area contributed by atoms with E-state index in [-0.39, 0.29) is 17.2 Å². The maximum Gasteiger partial charge on any atom is 0.254 e. The van der Waals surface area contributed by atoms with Crippen LogP contribution in [0.1, 0.15) is 12.7 Å². The van der Waals surface area contributed by atoms with Crippen LogP contribution in [0.15, 0.2) is 35.1 Å². The molecule has 0 aliphatic heterocycles. The molecule has 17 heavy (non-hydrogen) atoms. The van der Waals surface area contributed by atoms with Gasteiger partial charge in [0.05, 0.1) is 6.07 Å². The highest BCUT2D eigenvalue weighted by atomic mass is 19.1. The van der Waals surface area contributed by atoms with Gasteiger partial charge in [0.15, 0.2) is 11.6 Å². The van der Waals surface area contributed by atoms with E-state index in [9.17, 15) is 9.18 Å². The predicted octanol–water partition coefficient (Wildman–Crippen LogP) is 2.26. The molecule has 2 aromatic rings. The number of aromatic amines is 1. The van der Waals surface area contributed by atoms with Crippen LogP contribution in [0.25, 0.3) is 0 Å². The van der Waals surface area contributed by atoms with E-state index in [1.807, 2.05) is 6.92 Å². The Labute approximate surface area is 97.1 Å². The number of H-pyrrole nitrogens is 1. The largest absolute Gasteiger partial charge is 0.436 e. The third kappa shape index (κ3) is 2.69. The summed E-state index contributed by atoms with van der Waals surface area (Å²) in [5.74, 6) is 0.153. The number of aromatic nitrogens is 2. The maximum absolute atomic E-state index is 13.3. The van der Waals surface area contributed by atoms with Gasteiger partial charge < -0.3 is 9.72 Å². The lowest BCUT2D eigenvalue weighted by atomic mass is 10.3. The molecule has 1 heterocycles. The molecule has 1 aromatic carbocycles. The molecule has 0 unspecified atom stereocenters. The van der Waals surface area contributed by atoms with E-state index >= 15 is 0 Å². The van der Waals surface area contributed by atoms with Crippen molar-refractivity contribution < 1.29 is 9.13 Å². The number of halogens is 1. The van der Waals surface area contributed by atoms with E-state index in [4.69, 9.17) is 4.74 Å². The van der Waals surface area contributed by atoms with Crippen molar-refractivity contribution in [1.29, 1.82) is 0 Å². The van der Waals surface area contributed by atoms with Gasteiger partial charge in [0, 0.05) is 6.42 Å². The molecule has 0 radical (unpaired) electrons. The first-order valence-corrected chi connectivity index (χ1v) is 5.21. The Morgan fingerprint density at radius 2 is 2.18 bits per heavy atom. The van der Waals surface area contributed by atoms with Gasteiger partial charge in [-0.1, -0.05) is 19.1 Å². The van der Waals surface area contributed by atoms with Gasteiger partial charge in [-0.15, -0.1) is 0 Å². The molecule has 1 N–H and O–H groups in total. The molecule has 0 aliphatic carbocycles. The highest BCUT2D eigenvalue weighted by molar-refractivity contribution is 5.28. The van der Waals surface area contributed by atoms with Crippen LogP contribution in [-0.2, 0) is 6.42 Å². The molecule has 1 aromatic heterocycles. The van der Waals surface area contributed by atoms with E-state index in [0.29, 0.717) is 12.2 Å². The molecule has 0 fully saturated rings. The lowest BCUT2D eigenvalue weighted by Crippen LogP contribution is -2.10. The van der Waals surface area contributed by atoms with Gasteiger partial charge >= 0.3 is 0 Å². The van der Waals surface area contributed by atoms with E-state index in [1.54, 1.807) is 12.1 Å². The van der Waals surface area contributed by atoms with E-state index < -0.39 is 5.82 Å². The lowest BCUT2D eigenvalue weighted by molar-refractivity contribution is 0.424. The fourth-order valence-electron chi connectivity index (χ4n) is 1.34. The molecule has 0 bridgehead atoms. The van der Waals surface area contributed by atoms with Crippen molar-refractivity contribution in [3.8, 4) is 11.6 Å². The highest BCUT2D eigenvalue weighted by Gasteiger charge is 2.06. The van der Waals surface area contributed by atoms with E-state index in [0.717, 1.165) is 0 Å². The minimum absolute atomic E-state index is 0.0488. The fourth-order valence-corrected chi connectivity index (χ4v) is 1.34. The summed E-state index contributed by atoms with van der Waals surface area (Å²) in [4.78, 5) is 17.9. The first-order chi connectivity index (χ1) is 8.19. The molecular formula is C12H11FN2O2. The number of benzene rings is 1. The lowest BCUT2D eigenvalue weighted by Gasteiger charge is -2.05. The van der Waals surface area contributed by atoms with Gasteiger partial charge in [-0.2, -0.15) is 4.98 Å². The van der Waals surface area contributed by atoms with Gasteiger partial charge in [-0.3, -0.25) is 4.79 Å². The molecular weight excluding hydrogens is 223 g/mol. The second-order valence-electron chi connectivity index (χ2n) is 3.42. The molecule has 0 saturated heterocycles. The molecule has 2 rings (SSSR count). The zero-order valence-electron chi connectivity index (χ0n) is 9.24. The first-order valence-electron chi connectivity index (χ1n) is 5.21. The predicted molar refractivity (Wildman–Crippen MR) is 60.7 cm³/mol. The molecule has 0 amide bonds. The number of aryl methyl sites for hydroxylation is 1. The number of para-hydroxylation sites is 1. The summed E-state index contributed by atoms with van der Waals surface area (Å²) in [5.41, 5.74) is -0.316. The maximum atomic E-state index is 13.3. The van der Waals surface area contributed by atoms with Crippen LogP contribution in [0.4, 0.5) is 4.39 Å². The summed E-state index contributed by atoms with van der Waals surface area (Å²) in [7, 11) is 0. The summed E-state index contributed by atoms with van der Waals surface area (Å²) >= 11 is 0. The number of rotatable bonds is 3. The van der Waals surface area contributed by atoms with Crippen molar-refractivity contribution in [2.75, 3.05) is 0 Å². The topological polar surface area (TPSA) is 55.0 Å². The minimum Gasteiger partial charge on any atom is -0.436 e. The zero-order chi connectivity index (χ0) is 12.3. The Morgan fingerprint density at radius 1 is 1.41 bits per heavy atom. The van der Waals surface area contributed by atoms with Gasteiger partial charge in [-0.25, -0.2) is 4.39 Å². The van der Waals surface area contributed by atoms with E-state index in [1.165, 1.54) is 18.2 Å². The number of hydrogen-bond acceptors (Lipinski definition) is 3. The van der Waals surface area contributed by atoms with Crippen molar-refractivity contribution in [2.24, 2.45) is 0 Å². The Morgan fingerprint density at radius 3 is 2.88 bits per heavy atom. The Hall–Kier alpha value is -2.17. The summed E-state index contributed by atoms with van der Waals surface area (Å²) in [6.07, 6.45) is 0.573. The average Bonchev–Trinajstić information content (AvgIpc) is 2.31. The smallest absolute Gasteiger partial charge is 0.254 e. The quantitative estimate of drug-likeness (QED) is 0.886. The molecule has 0 spiro atoms. The summed E-state index contributed by atoms with van der Waals surface area (Å²) in [6, 6.07) is 7.15. The summed E-state index contributed by atoms with van der Waals surface area (Å²) in [5, 5.41) is 0. The highest BCUT2D eigenvalue weighted by Crippen LogP contribution is 2.21. The van der Waals surface area contributed by atoms with Crippen LogP contribution in [-0.4, -0.2) is 9.97 Å².